The van der Waals surface area contributed by atoms with Gasteiger partial charge in [0.05, 0.1) is 11.5 Å². The van der Waals surface area contributed by atoms with Gasteiger partial charge in [-0.2, -0.15) is 0 Å². The fourth-order valence-electron chi connectivity index (χ4n) is 3.23. The highest BCUT2D eigenvalue weighted by molar-refractivity contribution is 7.91. The molecule has 2 aliphatic carbocycles. The molecule has 1 saturated heterocycles. The molecule has 0 unspecified atom stereocenters. The van der Waals surface area contributed by atoms with Crippen LogP contribution < -0.4 is 0 Å². The SMILES string of the molecule is O=C([C@@H]1CC=CCC1)N(C1CC1)[C@H]1CCS(=O)(=O)C1. The average Bonchev–Trinajstić information content (AvgIpc) is 3.15. The summed E-state index contributed by atoms with van der Waals surface area (Å²) in [7, 11) is -2.92. The third-order valence-corrected chi connectivity index (χ3v) is 6.17. The molecule has 0 aromatic rings. The van der Waals surface area contributed by atoms with Crippen LogP contribution >= 0.6 is 0 Å². The van der Waals surface area contributed by atoms with E-state index in [1.54, 1.807) is 0 Å². The molecule has 0 aromatic carbocycles. The van der Waals surface area contributed by atoms with Crippen molar-refractivity contribution in [3.63, 3.8) is 0 Å². The summed E-state index contributed by atoms with van der Waals surface area (Å²) < 4.78 is 23.3. The molecule has 19 heavy (non-hydrogen) atoms. The molecule has 4 nitrogen and oxygen atoms in total. The van der Waals surface area contributed by atoms with Crippen molar-refractivity contribution in [3.05, 3.63) is 12.2 Å². The van der Waals surface area contributed by atoms with Crippen LogP contribution in [0.4, 0.5) is 0 Å². The van der Waals surface area contributed by atoms with Gasteiger partial charge in [0.15, 0.2) is 9.84 Å². The number of hydrogen-bond donors (Lipinski definition) is 0. The Balaban J connectivity index is 1.74. The number of sulfone groups is 1. The Hall–Kier alpha value is -0.840. The van der Waals surface area contributed by atoms with Crippen LogP contribution in [-0.2, 0) is 14.6 Å². The molecule has 5 heteroatoms. The maximum Gasteiger partial charge on any atom is 0.226 e. The van der Waals surface area contributed by atoms with Crippen molar-refractivity contribution in [3.8, 4) is 0 Å². The first-order chi connectivity index (χ1) is 9.07. The molecule has 2 atom stereocenters. The molecular formula is C14H21NO3S. The van der Waals surface area contributed by atoms with Gasteiger partial charge in [0.1, 0.15) is 0 Å². The van der Waals surface area contributed by atoms with E-state index < -0.39 is 9.84 Å². The minimum Gasteiger partial charge on any atom is -0.335 e. The number of hydrogen-bond acceptors (Lipinski definition) is 3. The largest absolute Gasteiger partial charge is 0.335 e. The van der Waals surface area contributed by atoms with E-state index in [0.717, 1.165) is 32.1 Å². The van der Waals surface area contributed by atoms with Gasteiger partial charge in [-0.15, -0.1) is 0 Å². The lowest BCUT2D eigenvalue weighted by Crippen LogP contribution is -2.45. The van der Waals surface area contributed by atoms with E-state index in [2.05, 4.69) is 12.2 Å². The van der Waals surface area contributed by atoms with Crippen LogP contribution in [0.2, 0.25) is 0 Å². The Morgan fingerprint density at radius 2 is 1.84 bits per heavy atom. The molecule has 3 rings (SSSR count). The predicted molar refractivity (Wildman–Crippen MR) is 73.4 cm³/mol. The van der Waals surface area contributed by atoms with Crippen LogP contribution in [0, 0.1) is 5.92 Å². The van der Waals surface area contributed by atoms with Crippen LogP contribution in [0.5, 0.6) is 0 Å². The molecule has 106 valence electrons. The zero-order chi connectivity index (χ0) is 13.5. The molecule has 0 aromatic heterocycles. The number of rotatable bonds is 3. The highest BCUT2D eigenvalue weighted by Gasteiger charge is 2.43. The van der Waals surface area contributed by atoms with Crippen LogP contribution in [0.1, 0.15) is 38.5 Å². The molecule has 0 spiro atoms. The number of carbonyl (C=O) groups excluding carboxylic acids is 1. The molecule has 0 radical (unpaired) electrons. The van der Waals surface area contributed by atoms with Gasteiger partial charge >= 0.3 is 0 Å². The third-order valence-electron chi connectivity index (χ3n) is 4.41. The second-order valence-corrected chi connectivity index (χ2v) is 8.24. The monoisotopic (exact) mass is 283 g/mol. The Kier molecular flexibility index (Phi) is 3.41. The van der Waals surface area contributed by atoms with E-state index in [4.69, 9.17) is 0 Å². The van der Waals surface area contributed by atoms with Crippen LogP contribution in [0.25, 0.3) is 0 Å². The quantitative estimate of drug-likeness (QED) is 0.738. The Morgan fingerprint density at radius 1 is 1.05 bits per heavy atom. The van der Waals surface area contributed by atoms with E-state index in [0.29, 0.717) is 12.5 Å². The first-order valence-electron chi connectivity index (χ1n) is 7.24. The van der Waals surface area contributed by atoms with Gasteiger partial charge in [0, 0.05) is 18.0 Å². The first-order valence-corrected chi connectivity index (χ1v) is 9.06. The molecule has 1 saturated carbocycles. The lowest BCUT2D eigenvalue weighted by atomic mass is 9.92. The summed E-state index contributed by atoms with van der Waals surface area (Å²) in [5.74, 6) is 0.708. The van der Waals surface area contributed by atoms with Crippen LogP contribution in [0.3, 0.4) is 0 Å². The number of allylic oxidation sites excluding steroid dienone is 2. The van der Waals surface area contributed by atoms with Gasteiger partial charge in [0.2, 0.25) is 5.91 Å². The zero-order valence-corrected chi connectivity index (χ0v) is 11.9. The fourth-order valence-corrected chi connectivity index (χ4v) is 4.95. The van der Waals surface area contributed by atoms with E-state index in [1.165, 1.54) is 0 Å². The topological polar surface area (TPSA) is 54.5 Å². The highest BCUT2D eigenvalue weighted by Crippen LogP contribution is 2.35. The third kappa shape index (κ3) is 2.86. The van der Waals surface area contributed by atoms with Gasteiger partial charge in [-0.05, 0) is 38.5 Å². The molecule has 2 fully saturated rings. The summed E-state index contributed by atoms with van der Waals surface area (Å²) in [5.41, 5.74) is 0. The summed E-state index contributed by atoms with van der Waals surface area (Å²) in [6, 6.07) is 0.257. The highest BCUT2D eigenvalue weighted by atomic mass is 32.2. The van der Waals surface area contributed by atoms with Gasteiger partial charge in [-0.1, -0.05) is 12.2 Å². The molecule has 0 N–H and O–H groups in total. The summed E-state index contributed by atoms with van der Waals surface area (Å²) in [6.07, 6.45) is 9.65. The van der Waals surface area contributed by atoms with Crippen molar-refractivity contribution in [2.45, 2.75) is 50.6 Å². The Bertz CT molecular complexity index is 493. The predicted octanol–water partition coefficient (Wildman–Crippen LogP) is 1.52. The lowest BCUT2D eigenvalue weighted by Gasteiger charge is -2.32. The summed E-state index contributed by atoms with van der Waals surface area (Å²) in [6.45, 7) is 0. The molecule has 1 heterocycles. The Labute approximate surface area is 114 Å². The summed E-state index contributed by atoms with van der Waals surface area (Å²) >= 11 is 0. The standard InChI is InChI=1S/C14H21NO3S/c16-14(11-4-2-1-3-5-11)15(12-6-7-12)13-8-9-19(17,18)10-13/h1-2,11-13H,3-10H2/t11-,13+/m1/s1. The van der Waals surface area contributed by atoms with E-state index in [-0.39, 0.29) is 29.4 Å². The van der Waals surface area contributed by atoms with Crippen LogP contribution in [-0.4, -0.2) is 42.8 Å². The van der Waals surface area contributed by atoms with Crippen molar-refractivity contribution < 1.29 is 13.2 Å². The normalized spacial score (nSPS) is 33.3. The average molecular weight is 283 g/mol. The number of nitrogens with zero attached hydrogens (tertiary/aromatic N) is 1. The molecule has 3 aliphatic rings. The number of carbonyl (C=O) groups is 1. The van der Waals surface area contributed by atoms with E-state index in [1.807, 2.05) is 4.90 Å². The van der Waals surface area contributed by atoms with Gasteiger partial charge in [-0.25, -0.2) is 8.42 Å². The van der Waals surface area contributed by atoms with E-state index in [9.17, 15) is 13.2 Å². The van der Waals surface area contributed by atoms with Crippen molar-refractivity contribution in [2.75, 3.05) is 11.5 Å². The van der Waals surface area contributed by atoms with Gasteiger partial charge < -0.3 is 4.90 Å². The van der Waals surface area contributed by atoms with Gasteiger partial charge in [-0.3, -0.25) is 4.79 Å². The molecule has 1 aliphatic heterocycles. The molecule has 0 bridgehead atoms. The smallest absolute Gasteiger partial charge is 0.226 e. The van der Waals surface area contributed by atoms with Gasteiger partial charge in [0.25, 0.3) is 0 Å². The zero-order valence-electron chi connectivity index (χ0n) is 11.1. The van der Waals surface area contributed by atoms with Crippen molar-refractivity contribution in [1.29, 1.82) is 0 Å². The van der Waals surface area contributed by atoms with Crippen molar-refractivity contribution in [2.24, 2.45) is 5.92 Å². The summed E-state index contributed by atoms with van der Waals surface area (Å²) in [5, 5.41) is 0. The lowest BCUT2D eigenvalue weighted by molar-refractivity contribution is -0.138. The Morgan fingerprint density at radius 3 is 2.37 bits per heavy atom. The molecular weight excluding hydrogens is 262 g/mol. The first kappa shape index (κ1) is 13.2. The van der Waals surface area contributed by atoms with Crippen molar-refractivity contribution in [1.82, 2.24) is 4.90 Å². The van der Waals surface area contributed by atoms with E-state index >= 15 is 0 Å². The second-order valence-electron chi connectivity index (χ2n) is 6.01. The van der Waals surface area contributed by atoms with Crippen LogP contribution in [0.15, 0.2) is 12.2 Å². The van der Waals surface area contributed by atoms with Crippen molar-refractivity contribution >= 4 is 15.7 Å². The summed E-state index contributed by atoms with van der Waals surface area (Å²) in [4.78, 5) is 14.6. The minimum absolute atomic E-state index is 0.0593. The fraction of sp³-hybridized carbons (Fsp3) is 0.786. The maximum atomic E-state index is 12.7. The number of amides is 1. The molecule has 1 amide bonds. The minimum atomic E-state index is -2.92. The maximum absolute atomic E-state index is 12.7. The second kappa shape index (κ2) is 4.93.